The van der Waals surface area contributed by atoms with Crippen molar-refractivity contribution in [1.29, 1.82) is 10.8 Å². The lowest BCUT2D eigenvalue weighted by atomic mass is 9.82. The molecule has 0 bridgehead atoms. The van der Waals surface area contributed by atoms with Gasteiger partial charge in [0.15, 0.2) is 0 Å². The molecule has 0 radical (unpaired) electrons. The van der Waals surface area contributed by atoms with Gasteiger partial charge in [0.05, 0.1) is 5.92 Å². The summed E-state index contributed by atoms with van der Waals surface area (Å²) in [4.78, 5) is 27.6. The van der Waals surface area contributed by atoms with E-state index in [9.17, 15) is 9.59 Å². The standard InChI is InChI=1S/C32H37BrN6O2/c33-26-8-4-7-25(18-26)27(17-20-9-13-23(14-10-20)29(34)35)31(40)39-28(22-5-2-1-3-6-22)32(41)38-19-21-11-15-24(16-12-21)30(36)37/h4,7-16,18,22,27-28H,1-3,5-6,17,19H2,(H3,34,35)(H3,36,37)(H,38,41)(H,39,40)/t27?,28-/m0/s1. The highest BCUT2D eigenvalue weighted by Gasteiger charge is 2.33. The van der Waals surface area contributed by atoms with Crippen molar-refractivity contribution in [3.63, 3.8) is 0 Å². The van der Waals surface area contributed by atoms with Gasteiger partial charge >= 0.3 is 0 Å². The van der Waals surface area contributed by atoms with Gasteiger partial charge < -0.3 is 22.1 Å². The van der Waals surface area contributed by atoms with E-state index in [-0.39, 0.29) is 29.4 Å². The van der Waals surface area contributed by atoms with Crippen LogP contribution in [0, 0.1) is 16.7 Å². The van der Waals surface area contributed by atoms with E-state index in [1.54, 1.807) is 24.3 Å². The molecule has 0 aromatic heterocycles. The molecule has 2 amide bonds. The Kier molecular flexibility index (Phi) is 10.3. The average molecular weight is 618 g/mol. The first-order chi connectivity index (χ1) is 19.7. The lowest BCUT2D eigenvalue weighted by Crippen LogP contribution is -2.52. The van der Waals surface area contributed by atoms with E-state index in [1.165, 1.54) is 0 Å². The van der Waals surface area contributed by atoms with Crippen molar-refractivity contribution in [1.82, 2.24) is 10.6 Å². The number of hydrogen-bond acceptors (Lipinski definition) is 4. The number of carbonyl (C=O) groups is 2. The number of hydrogen-bond donors (Lipinski definition) is 6. The molecular formula is C32H37BrN6O2. The first-order valence-electron chi connectivity index (χ1n) is 13.9. The van der Waals surface area contributed by atoms with Crippen molar-refractivity contribution in [3.05, 3.63) is 105 Å². The van der Waals surface area contributed by atoms with Crippen molar-refractivity contribution in [2.75, 3.05) is 0 Å². The van der Waals surface area contributed by atoms with Gasteiger partial charge in [-0.2, -0.15) is 0 Å². The van der Waals surface area contributed by atoms with Crippen molar-refractivity contribution < 1.29 is 9.59 Å². The number of rotatable bonds is 11. The highest BCUT2D eigenvalue weighted by Crippen LogP contribution is 2.29. The van der Waals surface area contributed by atoms with Crippen molar-refractivity contribution in [3.8, 4) is 0 Å². The fourth-order valence-corrected chi connectivity index (χ4v) is 5.78. The van der Waals surface area contributed by atoms with E-state index in [1.807, 2.05) is 48.5 Å². The van der Waals surface area contributed by atoms with Crippen LogP contribution in [0.15, 0.2) is 77.3 Å². The zero-order valence-corrected chi connectivity index (χ0v) is 24.5. The maximum atomic E-state index is 14.0. The molecule has 1 fully saturated rings. The summed E-state index contributed by atoms with van der Waals surface area (Å²) in [6, 6.07) is 21.6. The lowest BCUT2D eigenvalue weighted by molar-refractivity contribution is -0.131. The molecule has 0 heterocycles. The van der Waals surface area contributed by atoms with Gasteiger partial charge in [0.25, 0.3) is 0 Å². The van der Waals surface area contributed by atoms with Crippen LogP contribution in [0.5, 0.6) is 0 Å². The summed E-state index contributed by atoms with van der Waals surface area (Å²) in [5.74, 6) is -0.862. The van der Waals surface area contributed by atoms with Crippen molar-refractivity contribution in [2.24, 2.45) is 17.4 Å². The van der Waals surface area contributed by atoms with E-state index < -0.39 is 12.0 Å². The van der Waals surface area contributed by atoms with E-state index in [2.05, 4.69) is 26.6 Å². The smallest absolute Gasteiger partial charge is 0.243 e. The van der Waals surface area contributed by atoms with Gasteiger partial charge in [0.1, 0.15) is 17.7 Å². The number of amides is 2. The summed E-state index contributed by atoms with van der Waals surface area (Å²) in [7, 11) is 0. The second kappa shape index (κ2) is 14.1. The molecule has 41 heavy (non-hydrogen) atoms. The van der Waals surface area contributed by atoms with Crippen LogP contribution in [0.1, 0.15) is 65.8 Å². The SMILES string of the molecule is N=C(N)c1ccc(CNC(=O)[C@@H](NC(=O)C(Cc2ccc(C(=N)N)cc2)c2cccc(Br)c2)C2CCCCC2)cc1. The zero-order chi connectivity index (χ0) is 29.4. The Labute approximate surface area is 249 Å². The molecule has 0 spiro atoms. The van der Waals surface area contributed by atoms with Gasteiger partial charge in [-0.3, -0.25) is 20.4 Å². The monoisotopic (exact) mass is 616 g/mol. The third kappa shape index (κ3) is 8.27. The predicted molar refractivity (Wildman–Crippen MR) is 166 cm³/mol. The number of halogens is 1. The van der Waals surface area contributed by atoms with E-state index >= 15 is 0 Å². The molecule has 2 atom stereocenters. The molecule has 1 unspecified atom stereocenters. The maximum absolute atomic E-state index is 14.0. The number of carbonyl (C=O) groups excluding carboxylic acids is 2. The van der Waals surface area contributed by atoms with Crippen molar-refractivity contribution in [2.45, 2.75) is 57.0 Å². The Balaban J connectivity index is 1.54. The molecule has 1 aliphatic carbocycles. The van der Waals surface area contributed by atoms with Crippen LogP contribution >= 0.6 is 15.9 Å². The third-order valence-corrected chi connectivity index (χ3v) is 8.20. The Bertz CT molecular complexity index is 1380. The fourth-order valence-electron chi connectivity index (χ4n) is 5.36. The van der Waals surface area contributed by atoms with Gasteiger partial charge in [-0.15, -0.1) is 0 Å². The Hall–Kier alpha value is -3.98. The first-order valence-corrected chi connectivity index (χ1v) is 14.7. The van der Waals surface area contributed by atoms with Crippen LogP contribution in [0.4, 0.5) is 0 Å². The molecule has 3 aromatic carbocycles. The third-order valence-electron chi connectivity index (χ3n) is 7.71. The molecular weight excluding hydrogens is 580 g/mol. The molecule has 0 saturated heterocycles. The van der Waals surface area contributed by atoms with Crippen molar-refractivity contribution >= 4 is 39.4 Å². The molecule has 0 aliphatic heterocycles. The topological polar surface area (TPSA) is 158 Å². The summed E-state index contributed by atoms with van der Waals surface area (Å²) >= 11 is 3.53. The molecule has 1 saturated carbocycles. The number of nitrogens with one attached hydrogen (secondary N) is 4. The molecule has 9 heteroatoms. The first kappa shape index (κ1) is 30.0. The molecule has 1 aliphatic rings. The highest BCUT2D eigenvalue weighted by molar-refractivity contribution is 9.10. The Morgan fingerprint density at radius 3 is 1.98 bits per heavy atom. The molecule has 3 aromatic rings. The predicted octanol–water partition coefficient (Wildman–Crippen LogP) is 4.73. The largest absolute Gasteiger partial charge is 0.384 e. The van der Waals surface area contributed by atoms with Crippen LogP contribution in [0.2, 0.25) is 0 Å². The van der Waals surface area contributed by atoms with Gasteiger partial charge in [0, 0.05) is 22.1 Å². The van der Waals surface area contributed by atoms with Crippen LogP contribution in [0.25, 0.3) is 0 Å². The summed E-state index contributed by atoms with van der Waals surface area (Å²) < 4.78 is 0.872. The normalized spacial score (nSPS) is 15.0. The van der Waals surface area contributed by atoms with Crippen LogP contribution in [-0.4, -0.2) is 29.5 Å². The molecule has 214 valence electrons. The summed E-state index contributed by atoms with van der Waals surface area (Å²) in [6.07, 6.45) is 5.42. The molecule has 4 rings (SSSR count). The lowest BCUT2D eigenvalue weighted by Gasteiger charge is -2.31. The zero-order valence-electron chi connectivity index (χ0n) is 23.0. The van der Waals surface area contributed by atoms with E-state index in [4.69, 9.17) is 22.3 Å². The number of benzene rings is 3. The highest BCUT2D eigenvalue weighted by atomic mass is 79.9. The summed E-state index contributed by atoms with van der Waals surface area (Å²) in [5, 5.41) is 21.4. The molecule has 8 nitrogen and oxygen atoms in total. The number of nitrogens with two attached hydrogens (primary N) is 2. The van der Waals surface area contributed by atoms with E-state index in [0.29, 0.717) is 24.1 Å². The van der Waals surface area contributed by atoms with Gasteiger partial charge in [-0.25, -0.2) is 0 Å². The van der Waals surface area contributed by atoms with Gasteiger partial charge in [0.2, 0.25) is 11.8 Å². The second-order valence-corrected chi connectivity index (χ2v) is 11.6. The Morgan fingerprint density at radius 1 is 0.829 bits per heavy atom. The summed E-state index contributed by atoms with van der Waals surface area (Å²) in [5.41, 5.74) is 15.1. The maximum Gasteiger partial charge on any atom is 0.243 e. The fraction of sp³-hybridized carbons (Fsp3) is 0.312. The minimum atomic E-state index is -0.644. The van der Waals surface area contributed by atoms with Gasteiger partial charge in [-0.05, 0) is 54.0 Å². The minimum Gasteiger partial charge on any atom is -0.384 e. The number of amidine groups is 2. The minimum absolute atomic E-state index is 0.00421. The van der Waals surface area contributed by atoms with E-state index in [0.717, 1.165) is 53.3 Å². The summed E-state index contributed by atoms with van der Waals surface area (Å²) in [6.45, 7) is 0.313. The van der Waals surface area contributed by atoms with Crippen LogP contribution in [0.3, 0.4) is 0 Å². The average Bonchev–Trinajstić information content (AvgIpc) is 2.98. The van der Waals surface area contributed by atoms with Crippen LogP contribution in [-0.2, 0) is 22.6 Å². The Morgan fingerprint density at radius 2 is 1.41 bits per heavy atom. The second-order valence-electron chi connectivity index (χ2n) is 10.6. The molecule has 8 N–H and O–H groups in total. The van der Waals surface area contributed by atoms with Crippen LogP contribution < -0.4 is 22.1 Å². The van der Waals surface area contributed by atoms with Gasteiger partial charge in [-0.1, -0.05) is 95.9 Å². The quantitative estimate of drug-likeness (QED) is 0.136. The number of nitrogen functional groups attached to an aromatic ring is 2.